The highest BCUT2D eigenvalue weighted by molar-refractivity contribution is 5.73. The predicted octanol–water partition coefficient (Wildman–Crippen LogP) is 2.97. The van der Waals surface area contributed by atoms with Gasteiger partial charge in [0.15, 0.2) is 0 Å². The van der Waals surface area contributed by atoms with Gasteiger partial charge in [-0.15, -0.1) is 0 Å². The van der Waals surface area contributed by atoms with Crippen LogP contribution in [0.15, 0.2) is 18.2 Å². The zero-order chi connectivity index (χ0) is 18.0. The van der Waals surface area contributed by atoms with Crippen molar-refractivity contribution in [3.05, 3.63) is 29.3 Å². The number of carbonyl (C=O) groups is 1. The number of carbonyl (C=O) groups excluding carboxylic acids is 1. The molecule has 2 saturated heterocycles. The number of nitrogens with zero attached hydrogens (tertiary/aromatic N) is 3. The smallest absolute Gasteiger partial charge is 0.371 e. The minimum atomic E-state index is -4.32. The van der Waals surface area contributed by atoms with Crippen molar-refractivity contribution >= 4 is 11.6 Å². The highest BCUT2D eigenvalue weighted by atomic mass is 19.4. The molecule has 0 aliphatic carbocycles. The fourth-order valence-electron chi connectivity index (χ4n) is 3.59. The van der Waals surface area contributed by atoms with Crippen molar-refractivity contribution < 1.29 is 18.0 Å². The van der Waals surface area contributed by atoms with Crippen molar-refractivity contribution in [1.29, 1.82) is 0 Å². The van der Waals surface area contributed by atoms with Gasteiger partial charge in [-0.25, -0.2) is 0 Å². The van der Waals surface area contributed by atoms with Crippen molar-refractivity contribution in [2.45, 2.75) is 32.5 Å². The molecule has 0 N–H and O–H groups in total. The molecule has 2 heterocycles. The molecule has 1 amide bonds. The lowest BCUT2D eigenvalue weighted by atomic mass is 10.1. The van der Waals surface area contributed by atoms with Gasteiger partial charge >= 0.3 is 6.18 Å². The van der Waals surface area contributed by atoms with E-state index in [1.54, 1.807) is 13.0 Å². The maximum absolute atomic E-state index is 13.1. The molecule has 2 fully saturated rings. The van der Waals surface area contributed by atoms with Gasteiger partial charge in [0.1, 0.15) is 0 Å². The maximum atomic E-state index is 13.1. The Morgan fingerprint density at radius 1 is 1.04 bits per heavy atom. The van der Waals surface area contributed by atoms with Crippen LogP contribution >= 0.6 is 0 Å². The fourth-order valence-corrected chi connectivity index (χ4v) is 3.59. The van der Waals surface area contributed by atoms with E-state index < -0.39 is 11.7 Å². The molecule has 3 rings (SSSR count). The molecular weight excluding hydrogens is 331 g/mol. The number of benzene rings is 1. The lowest BCUT2D eigenvalue weighted by molar-refractivity contribution is -0.137. The second kappa shape index (κ2) is 7.23. The Kier molecular flexibility index (Phi) is 5.22. The SMILES string of the molecule is CC(=O)N1CCN(Cc2ccc(C(F)(F)F)cc2N2CCCC2)CC1. The molecule has 2 aliphatic heterocycles. The van der Waals surface area contributed by atoms with Crippen molar-refractivity contribution in [2.24, 2.45) is 0 Å². The Hall–Kier alpha value is -1.76. The lowest BCUT2D eigenvalue weighted by Gasteiger charge is -2.35. The Labute approximate surface area is 146 Å². The summed E-state index contributed by atoms with van der Waals surface area (Å²) in [5.41, 5.74) is 1.06. The minimum absolute atomic E-state index is 0.0759. The molecule has 0 radical (unpaired) electrons. The number of rotatable bonds is 3. The van der Waals surface area contributed by atoms with E-state index in [1.807, 2.05) is 4.90 Å². The summed E-state index contributed by atoms with van der Waals surface area (Å²) in [4.78, 5) is 17.5. The van der Waals surface area contributed by atoms with E-state index in [0.29, 0.717) is 25.3 Å². The van der Waals surface area contributed by atoms with Gasteiger partial charge in [-0.3, -0.25) is 9.69 Å². The fraction of sp³-hybridized carbons (Fsp3) is 0.611. The zero-order valence-corrected chi connectivity index (χ0v) is 14.5. The van der Waals surface area contributed by atoms with Crippen LogP contribution < -0.4 is 4.90 Å². The summed E-state index contributed by atoms with van der Waals surface area (Å²) >= 11 is 0. The molecule has 0 atom stereocenters. The standard InChI is InChI=1S/C18H24F3N3O/c1-14(25)23-10-8-22(9-11-23)13-15-4-5-16(18(19,20)21)12-17(15)24-6-2-3-7-24/h4-5,12H,2-3,6-11,13H2,1H3. The number of halogens is 3. The number of hydrogen-bond donors (Lipinski definition) is 0. The van der Waals surface area contributed by atoms with Gasteiger partial charge in [0.25, 0.3) is 0 Å². The van der Waals surface area contributed by atoms with Crippen molar-refractivity contribution in [3.63, 3.8) is 0 Å². The molecule has 25 heavy (non-hydrogen) atoms. The maximum Gasteiger partial charge on any atom is 0.416 e. The molecule has 138 valence electrons. The molecule has 4 nitrogen and oxygen atoms in total. The molecule has 1 aromatic rings. The van der Waals surface area contributed by atoms with Crippen LogP contribution in [0, 0.1) is 0 Å². The molecule has 0 spiro atoms. The Bertz CT molecular complexity index is 618. The van der Waals surface area contributed by atoms with Gasteiger partial charge < -0.3 is 9.80 Å². The molecule has 7 heteroatoms. The van der Waals surface area contributed by atoms with Crippen molar-refractivity contribution in [1.82, 2.24) is 9.80 Å². The van der Waals surface area contributed by atoms with Crippen molar-refractivity contribution in [2.75, 3.05) is 44.2 Å². The number of anilines is 1. The highest BCUT2D eigenvalue weighted by Gasteiger charge is 2.32. The lowest BCUT2D eigenvalue weighted by Crippen LogP contribution is -2.47. The minimum Gasteiger partial charge on any atom is -0.371 e. The van der Waals surface area contributed by atoms with Crippen LogP contribution in [-0.2, 0) is 17.5 Å². The zero-order valence-electron chi connectivity index (χ0n) is 14.5. The van der Waals surface area contributed by atoms with Crippen LogP contribution in [0.3, 0.4) is 0 Å². The topological polar surface area (TPSA) is 26.8 Å². The van der Waals surface area contributed by atoms with E-state index in [4.69, 9.17) is 0 Å². The number of piperazine rings is 1. The predicted molar refractivity (Wildman–Crippen MR) is 90.4 cm³/mol. The summed E-state index contributed by atoms with van der Waals surface area (Å²) in [7, 11) is 0. The van der Waals surface area contributed by atoms with Gasteiger partial charge in [0.05, 0.1) is 5.56 Å². The average Bonchev–Trinajstić information content (AvgIpc) is 3.09. The van der Waals surface area contributed by atoms with Crippen LogP contribution in [0.1, 0.15) is 30.9 Å². The molecule has 0 unspecified atom stereocenters. The first-order valence-electron chi connectivity index (χ1n) is 8.77. The monoisotopic (exact) mass is 355 g/mol. The summed E-state index contributed by atoms with van der Waals surface area (Å²) in [5.74, 6) is 0.0759. The molecule has 1 aromatic carbocycles. The van der Waals surface area contributed by atoms with E-state index >= 15 is 0 Å². The van der Waals surface area contributed by atoms with E-state index in [2.05, 4.69) is 9.80 Å². The summed E-state index contributed by atoms with van der Waals surface area (Å²) in [6.07, 6.45) is -2.28. The quantitative estimate of drug-likeness (QED) is 0.834. The summed E-state index contributed by atoms with van der Waals surface area (Å²) in [5, 5.41) is 0. The normalized spacial score (nSPS) is 19.5. The largest absolute Gasteiger partial charge is 0.416 e. The van der Waals surface area contributed by atoms with Gasteiger partial charge in [0, 0.05) is 58.4 Å². The first-order chi connectivity index (χ1) is 11.8. The second-order valence-electron chi connectivity index (χ2n) is 6.82. The summed E-state index contributed by atoms with van der Waals surface area (Å²) < 4.78 is 39.3. The van der Waals surface area contributed by atoms with E-state index in [0.717, 1.165) is 44.6 Å². The van der Waals surface area contributed by atoms with Crippen LogP contribution in [0.2, 0.25) is 0 Å². The molecular formula is C18H24F3N3O. The third kappa shape index (κ3) is 4.26. The molecule has 0 bridgehead atoms. The summed E-state index contributed by atoms with van der Waals surface area (Å²) in [6, 6.07) is 4.10. The van der Waals surface area contributed by atoms with Crippen LogP contribution in [-0.4, -0.2) is 55.0 Å². The van der Waals surface area contributed by atoms with E-state index in [9.17, 15) is 18.0 Å². The molecule has 0 aromatic heterocycles. The van der Waals surface area contributed by atoms with Gasteiger partial charge in [-0.1, -0.05) is 6.07 Å². The number of alkyl halides is 3. The number of amides is 1. The van der Waals surface area contributed by atoms with E-state index in [-0.39, 0.29) is 5.91 Å². The molecule has 0 saturated carbocycles. The van der Waals surface area contributed by atoms with Crippen LogP contribution in [0.4, 0.5) is 18.9 Å². The summed E-state index contributed by atoms with van der Waals surface area (Å²) in [6.45, 7) is 6.66. The van der Waals surface area contributed by atoms with Crippen LogP contribution in [0.25, 0.3) is 0 Å². The van der Waals surface area contributed by atoms with Gasteiger partial charge in [-0.05, 0) is 30.5 Å². The average molecular weight is 355 g/mol. The Morgan fingerprint density at radius 3 is 2.24 bits per heavy atom. The first kappa shape index (κ1) is 18.0. The number of hydrogen-bond acceptors (Lipinski definition) is 3. The van der Waals surface area contributed by atoms with Gasteiger partial charge in [0.2, 0.25) is 5.91 Å². The Morgan fingerprint density at radius 2 is 1.68 bits per heavy atom. The molecule has 2 aliphatic rings. The highest BCUT2D eigenvalue weighted by Crippen LogP contribution is 2.35. The second-order valence-corrected chi connectivity index (χ2v) is 6.82. The first-order valence-corrected chi connectivity index (χ1v) is 8.77. The van der Waals surface area contributed by atoms with Crippen molar-refractivity contribution in [3.8, 4) is 0 Å². The third-order valence-corrected chi connectivity index (χ3v) is 5.07. The Balaban J connectivity index is 1.77. The third-order valence-electron chi connectivity index (χ3n) is 5.07. The van der Waals surface area contributed by atoms with E-state index in [1.165, 1.54) is 12.1 Å². The van der Waals surface area contributed by atoms with Gasteiger partial charge in [-0.2, -0.15) is 13.2 Å². The van der Waals surface area contributed by atoms with Crippen LogP contribution in [0.5, 0.6) is 0 Å².